The summed E-state index contributed by atoms with van der Waals surface area (Å²) in [6.45, 7) is 7.48. The van der Waals surface area contributed by atoms with Crippen LogP contribution in [0.2, 0.25) is 10.0 Å². The molecule has 44 heavy (non-hydrogen) atoms. The van der Waals surface area contributed by atoms with Gasteiger partial charge in [0.05, 0.1) is 33.3 Å². The highest BCUT2D eigenvalue weighted by Gasteiger charge is 2.35. The van der Waals surface area contributed by atoms with Crippen LogP contribution in [-0.4, -0.2) is 60.9 Å². The largest absolute Gasteiger partial charge is 0.385 e. The zero-order valence-corrected chi connectivity index (χ0v) is 26.8. The fourth-order valence-corrected chi connectivity index (χ4v) is 4.97. The Balaban J connectivity index is 0.00000124. The van der Waals surface area contributed by atoms with E-state index in [1.54, 1.807) is 44.9 Å². The van der Waals surface area contributed by atoms with Crippen LogP contribution in [0.4, 0.5) is 34.9 Å². The van der Waals surface area contributed by atoms with E-state index < -0.39 is 24.3 Å². The second kappa shape index (κ2) is 14.8. The van der Waals surface area contributed by atoms with Gasteiger partial charge in [-0.2, -0.15) is 0 Å². The number of hydrogen-bond donors (Lipinski definition) is 2. The van der Waals surface area contributed by atoms with E-state index in [9.17, 15) is 27.2 Å². The van der Waals surface area contributed by atoms with Crippen molar-refractivity contribution in [3.63, 3.8) is 0 Å². The van der Waals surface area contributed by atoms with E-state index in [4.69, 9.17) is 23.2 Å². The third-order valence-electron chi connectivity index (χ3n) is 7.00. The van der Waals surface area contributed by atoms with E-state index in [0.717, 1.165) is 6.61 Å². The van der Waals surface area contributed by atoms with Crippen molar-refractivity contribution in [2.24, 2.45) is 5.41 Å². The molecule has 242 valence electrons. The first-order valence-electron chi connectivity index (χ1n) is 14.0. The molecule has 0 aliphatic carbocycles. The summed E-state index contributed by atoms with van der Waals surface area (Å²) in [4.78, 5) is 30.3. The smallest absolute Gasteiger partial charge is 0.256 e. The number of nitrogens with zero attached hydrogens (tertiary/aromatic N) is 3. The fourth-order valence-electron chi connectivity index (χ4n) is 4.44. The second-order valence-electron chi connectivity index (χ2n) is 11.3. The third kappa shape index (κ3) is 8.76. The van der Waals surface area contributed by atoms with E-state index in [2.05, 4.69) is 20.4 Å². The molecule has 4 rings (SSSR count). The predicted octanol–water partition coefficient (Wildman–Crippen LogP) is 7.71. The number of aldehydes is 1. The average Bonchev–Trinajstić information content (AvgIpc) is 3.28. The number of carbonyl (C=O) groups is 2. The topological polar surface area (TPSA) is 88.5 Å². The summed E-state index contributed by atoms with van der Waals surface area (Å²) in [5, 5.41) is 6.11. The number of benzene rings is 2. The summed E-state index contributed by atoms with van der Waals surface area (Å²) in [5.41, 5.74) is 1.22. The Morgan fingerprint density at radius 3 is 2.36 bits per heavy atom. The van der Waals surface area contributed by atoms with E-state index in [-0.39, 0.29) is 76.7 Å². The lowest BCUT2D eigenvalue weighted by Crippen LogP contribution is -2.39. The highest BCUT2D eigenvalue weighted by Crippen LogP contribution is 2.38. The molecule has 8 nitrogen and oxygen atoms in total. The van der Waals surface area contributed by atoms with Crippen LogP contribution in [0.25, 0.3) is 11.0 Å². The highest BCUT2D eigenvalue weighted by atomic mass is 35.5. The molecular weight excluding hydrogens is 625 g/mol. The maximum Gasteiger partial charge on any atom is 0.256 e. The van der Waals surface area contributed by atoms with Gasteiger partial charge in [-0.05, 0) is 30.7 Å². The second-order valence-corrected chi connectivity index (χ2v) is 12.1. The van der Waals surface area contributed by atoms with E-state index in [0.29, 0.717) is 17.5 Å². The monoisotopic (exact) mass is 661 g/mol. The van der Waals surface area contributed by atoms with Crippen molar-refractivity contribution in [2.75, 3.05) is 37.0 Å². The number of methoxy groups -OCH3 is 1. The minimum Gasteiger partial charge on any atom is -0.385 e. The fraction of sp³-hybridized carbons (Fsp3) is 0.500. The number of carbonyl (C=O) groups excluding carboxylic acids is 2. The Hall–Kier alpha value is -3.09. The van der Waals surface area contributed by atoms with Crippen LogP contribution in [0.3, 0.4) is 0 Å². The van der Waals surface area contributed by atoms with Gasteiger partial charge in [-0.15, -0.1) is 0 Å². The SMILES string of the molecule is CC(C)(C)C(=O)NCc1ccc(Cl)c(Nc2nc3cc(C=O)c(N4CCC(F)(F)CC4)cc3n2CC(F)F)c1Cl.CCOC. The molecule has 3 aromatic rings. The highest BCUT2D eigenvalue weighted by molar-refractivity contribution is 6.39. The summed E-state index contributed by atoms with van der Waals surface area (Å²) in [5.74, 6) is -2.99. The van der Waals surface area contributed by atoms with Crippen LogP contribution >= 0.6 is 23.2 Å². The van der Waals surface area contributed by atoms with Crippen molar-refractivity contribution in [3.8, 4) is 0 Å². The molecule has 1 aliphatic rings. The van der Waals surface area contributed by atoms with Gasteiger partial charge in [0, 0.05) is 62.9 Å². The zero-order chi connectivity index (χ0) is 32.8. The molecule has 0 saturated carbocycles. The molecule has 0 spiro atoms. The van der Waals surface area contributed by atoms with Crippen molar-refractivity contribution >= 4 is 63.8 Å². The van der Waals surface area contributed by atoms with Gasteiger partial charge in [0.15, 0.2) is 6.29 Å². The summed E-state index contributed by atoms with van der Waals surface area (Å²) < 4.78 is 60.7. The van der Waals surface area contributed by atoms with Gasteiger partial charge in [0.2, 0.25) is 11.9 Å². The Bertz CT molecular complexity index is 1470. The normalized spacial score (nSPS) is 14.8. The molecular formula is C30H37Cl2F4N5O3. The predicted molar refractivity (Wildman–Crippen MR) is 166 cm³/mol. The van der Waals surface area contributed by atoms with Crippen LogP contribution in [0.15, 0.2) is 24.3 Å². The number of amides is 1. The maximum atomic E-state index is 13.7. The van der Waals surface area contributed by atoms with Gasteiger partial charge >= 0.3 is 0 Å². The Morgan fingerprint density at radius 2 is 1.82 bits per heavy atom. The first-order chi connectivity index (χ1) is 20.6. The molecule has 0 unspecified atom stereocenters. The Kier molecular flexibility index (Phi) is 11.9. The summed E-state index contributed by atoms with van der Waals surface area (Å²) in [6, 6.07) is 6.17. The lowest BCUT2D eigenvalue weighted by molar-refractivity contribution is -0.128. The summed E-state index contributed by atoms with van der Waals surface area (Å²) in [7, 11) is 1.68. The quantitative estimate of drug-likeness (QED) is 0.180. The molecule has 2 N–H and O–H groups in total. The molecule has 1 aromatic heterocycles. The van der Waals surface area contributed by atoms with Gasteiger partial charge in [-0.25, -0.2) is 22.5 Å². The lowest BCUT2D eigenvalue weighted by Gasteiger charge is -2.34. The molecule has 1 fully saturated rings. The Morgan fingerprint density at radius 1 is 1.18 bits per heavy atom. The summed E-state index contributed by atoms with van der Waals surface area (Å²) in [6.07, 6.45) is -2.93. The molecule has 0 bridgehead atoms. The van der Waals surface area contributed by atoms with E-state index >= 15 is 0 Å². The van der Waals surface area contributed by atoms with Crippen molar-refractivity contribution in [1.29, 1.82) is 0 Å². The standard InChI is InChI=1S/C27H29Cl2F4N5O2.C3H8O/c1-26(2,3)24(40)34-12-15-4-5-17(28)23(22(15)29)36-25-35-18-10-16(14-39)19(11-20(18)38(25)13-21(30)31)37-8-6-27(32,33)7-9-37;1-3-4-2/h4-5,10-11,14,21H,6-9,12-13H2,1-3H3,(H,34,40)(H,35,36);3H2,1-2H3. The molecule has 1 amide bonds. The average molecular weight is 663 g/mol. The minimum absolute atomic E-state index is 0.00541. The first-order valence-corrected chi connectivity index (χ1v) is 14.8. The summed E-state index contributed by atoms with van der Waals surface area (Å²) >= 11 is 13.0. The number of rotatable bonds is 9. The molecule has 1 saturated heterocycles. The van der Waals surface area contributed by atoms with Crippen molar-refractivity contribution in [1.82, 2.24) is 14.9 Å². The molecule has 0 atom stereocenters. The number of halogens is 6. The number of nitrogens with one attached hydrogen (secondary N) is 2. The van der Waals surface area contributed by atoms with Crippen LogP contribution in [0.5, 0.6) is 0 Å². The van der Waals surface area contributed by atoms with Gasteiger partial charge < -0.3 is 24.8 Å². The van der Waals surface area contributed by atoms with Crippen molar-refractivity contribution in [2.45, 2.75) is 66.0 Å². The number of piperidine rings is 1. The molecule has 2 aromatic carbocycles. The maximum absolute atomic E-state index is 13.7. The number of alkyl halides is 4. The van der Waals surface area contributed by atoms with Gasteiger partial charge in [-0.3, -0.25) is 9.59 Å². The molecule has 14 heteroatoms. The van der Waals surface area contributed by atoms with E-state index in [1.165, 1.54) is 16.7 Å². The number of anilines is 3. The van der Waals surface area contributed by atoms with Gasteiger partial charge in [-0.1, -0.05) is 50.0 Å². The molecule has 0 radical (unpaired) electrons. The number of aromatic nitrogens is 2. The molecule has 2 heterocycles. The van der Waals surface area contributed by atoms with Crippen molar-refractivity contribution in [3.05, 3.63) is 45.4 Å². The van der Waals surface area contributed by atoms with Crippen molar-refractivity contribution < 1.29 is 31.9 Å². The lowest BCUT2D eigenvalue weighted by atomic mass is 9.95. The van der Waals surface area contributed by atoms with E-state index in [1.807, 2.05) is 6.92 Å². The number of imidazole rings is 1. The first kappa shape index (κ1) is 35.4. The molecule has 1 aliphatic heterocycles. The van der Waals surface area contributed by atoms with Gasteiger partial charge in [0.25, 0.3) is 12.3 Å². The van der Waals surface area contributed by atoms with Crippen LogP contribution < -0.4 is 15.5 Å². The third-order valence-corrected chi connectivity index (χ3v) is 7.74. The number of ether oxygens (including phenoxy) is 1. The Labute approximate surface area is 264 Å². The van der Waals surface area contributed by atoms with Crippen LogP contribution in [0.1, 0.15) is 56.5 Å². The minimum atomic E-state index is -2.79. The van der Waals surface area contributed by atoms with Gasteiger partial charge in [0.1, 0.15) is 0 Å². The van der Waals surface area contributed by atoms with Crippen LogP contribution in [0, 0.1) is 5.41 Å². The number of hydrogen-bond acceptors (Lipinski definition) is 6. The zero-order valence-electron chi connectivity index (χ0n) is 25.2. The number of fused-ring (bicyclic) bond motifs is 1. The van der Waals surface area contributed by atoms with Crippen LogP contribution in [-0.2, 0) is 22.6 Å².